The summed E-state index contributed by atoms with van der Waals surface area (Å²) in [6, 6.07) is 10.5. The average molecular weight is 440 g/mol. The van der Waals surface area contributed by atoms with Gasteiger partial charge in [0.2, 0.25) is 0 Å². The molecule has 1 fully saturated rings. The number of sulfone groups is 1. The molecule has 6 nitrogen and oxygen atoms in total. The van der Waals surface area contributed by atoms with Gasteiger partial charge in [-0.2, -0.15) is 13.2 Å². The fourth-order valence-corrected chi connectivity index (χ4v) is 3.69. The zero-order chi connectivity index (χ0) is 22.1. The predicted molar refractivity (Wildman–Crippen MR) is 102 cm³/mol. The monoisotopic (exact) mass is 440 g/mol. The van der Waals surface area contributed by atoms with Crippen molar-refractivity contribution in [3.05, 3.63) is 65.2 Å². The lowest BCUT2D eigenvalue weighted by molar-refractivity contribution is -0.0436. The van der Waals surface area contributed by atoms with E-state index in [-0.39, 0.29) is 24.1 Å². The van der Waals surface area contributed by atoms with Gasteiger partial charge >= 0.3 is 5.51 Å². The molecular weight excluding hydrogens is 421 g/mol. The van der Waals surface area contributed by atoms with Crippen molar-refractivity contribution in [2.75, 3.05) is 7.05 Å². The smallest absolute Gasteiger partial charge is 0.355 e. The fraction of sp³-hybridized carbons (Fsp3) is 0.300. The van der Waals surface area contributed by atoms with Crippen LogP contribution >= 0.6 is 0 Å². The van der Waals surface area contributed by atoms with Crippen LogP contribution in [0.15, 0.2) is 53.4 Å². The van der Waals surface area contributed by atoms with Gasteiger partial charge in [0.25, 0.3) is 21.7 Å². The Morgan fingerprint density at radius 2 is 1.53 bits per heavy atom. The summed E-state index contributed by atoms with van der Waals surface area (Å²) in [7, 11) is -3.94. The van der Waals surface area contributed by atoms with Crippen molar-refractivity contribution in [1.29, 1.82) is 0 Å². The standard InChI is InChI=1S/C20H19F3N2O4S/c1-24-18(26)14-4-2-13(3-5-14)12-25(16-8-9-16)19(27)15-6-10-17(11-7-15)30(28,29)20(21,22)23/h2-7,10-11,16H,8-9,12H2,1H3,(H,24,26). The van der Waals surface area contributed by atoms with Crippen LogP contribution in [0.25, 0.3) is 0 Å². The Labute approximate surface area is 171 Å². The van der Waals surface area contributed by atoms with Crippen molar-refractivity contribution in [1.82, 2.24) is 10.2 Å². The number of carbonyl (C=O) groups is 2. The third-order valence-electron chi connectivity index (χ3n) is 4.76. The maximum Gasteiger partial charge on any atom is 0.501 e. The van der Waals surface area contributed by atoms with Crippen LogP contribution in [0.4, 0.5) is 13.2 Å². The number of carbonyl (C=O) groups excluding carboxylic acids is 2. The number of nitrogens with zero attached hydrogens (tertiary/aromatic N) is 1. The van der Waals surface area contributed by atoms with E-state index < -0.39 is 26.1 Å². The zero-order valence-corrected chi connectivity index (χ0v) is 16.8. The van der Waals surface area contributed by atoms with Crippen molar-refractivity contribution >= 4 is 21.7 Å². The summed E-state index contributed by atoms with van der Waals surface area (Å²) in [5.74, 6) is -0.630. The molecule has 0 saturated heterocycles. The first kappa shape index (κ1) is 21.8. The number of rotatable bonds is 6. The number of halogens is 3. The number of hydrogen-bond donors (Lipinski definition) is 1. The summed E-state index contributed by atoms with van der Waals surface area (Å²) in [4.78, 5) is 25.2. The summed E-state index contributed by atoms with van der Waals surface area (Å²) >= 11 is 0. The highest BCUT2D eigenvalue weighted by molar-refractivity contribution is 7.92. The Bertz CT molecular complexity index is 1040. The van der Waals surface area contributed by atoms with Crippen LogP contribution in [0, 0.1) is 0 Å². The van der Waals surface area contributed by atoms with E-state index in [1.54, 1.807) is 29.2 Å². The second-order valence-electron chi connectivity index (χ2n) is 6.91. The highest BCUT2D eigenvalue weighted by Gasteiger charge is 2.46. The molecule has 0 radical (unpaired) electrons. The molecule has 0 unspecified atom stereocenters. The molecule has 1 aliphatic rings. The lowest BCUT2D eigenvalue weighted by Crippen LogP contribution is -2.32. The van der Waals surface area contributed by atoms with Gasteiger partial charge in [0, 0.05) is 30.8 Å². The molecule has 1 saturated carbocycles. The largest absolute Gasteiger partial charge is 0.501 e. The Morgan fingerprint density at radius 3 is 2.00 bits per heavy atom. The molecule has 2 aromatic carbocycles. The number of amides is 2. The quantitative estimate of drug-likeness (QED) is 0.748. The van der Waals surface area contributed by atoms with E-state index in [0.29, 0.717) is 5.56 Å². The Hall–Kier alpha value is -2.88. The summed E-state index contributed by atoms with van der Waals surface area (Å²) in [6.45, 7) is 0.264. The minimum absolute atomic E-state index is 0.00898. The molecule has 1 N–H and O–H groups in total. The van der Waals surface area contributed by atoms with Gasteiger partial charge in [-0.25, -0.2) is 8.42 Å². The summed E-state index contributed by atoms with van der Waals surface area (Å²) in [6.07, 6.45) is 1.62. The zero-order valence-electron chi connectivity index (χ0n) is 15.9. The first-order valence-corrected chi connectivity index (χ1v) is 10.6. The van der Waals surface area contributed by atoms with Crippen LogP contribution in [0.2, 0.25) is 0 Å². The van der Waals surface area contributed by atoms with Crippen LogP contribution in [0.5, 0.6) is 0 Å². The summed E-state index contributed by atoms with van der Waals surface area (Å²) in [5.41, 5.74) is -4.03. The molecule has 0 aliphatic heterocycles. The van der Waals surface area contributed by atoms with E-state index in [2.05, 4.69) is 5.32 Å². The van der Waals surface area contributed by atoms with E-state index in [9.17, 15) is 31.2 Å². The van der Waals surface area contributed by atoms with Crippen LogP contribution in [0.1, 0.15) is 39.1 Å². The molecule has 3 rings (SSSR count). The summed E-state index contributed by atoms with van der Waals surface area (Å²) in [5, 5.41) is 2.52. The van der Waals surface area contributed by atoms with Crippen LogP contribution in [0.3, 0.4) is 0 Å². The molecule has 30 heavy (non-hydrogen) atoms. The van der Waals surface area contributed by atoms with Crippen LogP contribution < -0.4 is 5.32 Å². The third kappa shape index (κ3) is 4.48. The van der Waals surface area contributed by atoms with Gasteiger partial charge in [-0.05, 0) is 54.8 Å². The first-order valence-electron chi connectivity index (χ1n) is 9.08. The second kappa shape index (κ2) is 8.10. The fourth-order valence-electron chi connectivity index (χ4n) is 2.93. The molecule has 0 atom stereocenters. The Kier molecular flexibility index (Phi) is 5.89. The molecule has 2 amide bonds. The number of nitrogens with one attached hydrogen (secondary N) is 1. The van der Waals surface area contributed by atoms with Crippen molar-refractivity contribution < 1.29 is 31.2 Å². The highest BCUT2D eigenvalue weighted by Crippen LogP contribution is 2.32. The van der Waals surface area contributed by atoms with Gasteiger partial charge < -0.3 is 10.2 Å². The Morgan fingerprint density at radius 1 is 1.00 bits per heavy atom. The van der Waals surface area contributed by atoms with E-state index >= 15 is 0 Å². The molecular formula is C20H19F3N2O4S. The molecule has 10 heteroatoms. The molecule has 0 aromatic heterocycles. The van der Waals surface area contributed by atoms with Crippen molar-refractivity contribution in [3.8, 4) is 0 Å². The molecule has 1 aliphatic carbocycles. The molecule has 0 heterocycles. The predicted octanol–water partition coefficient (Wildman–Crippen LogP) is 3.14. The normalized spacial score (nSPS) is 14.3. The first-order chi connectivity index (χ1) is 14.0. The third-order valence-corrected chi connectivity index (χ3v) is 6.26. The minimum atomic E-state index is -5.46. The van der Waals surface area contributed by atoms with Crippen LogP contribution in [-0.4, -0.2) is 43.7 Å². The van der Waals surface area contributed by atoms with E-state index in [1.807, 2.05) is 0 Å². The Balaban J connectivity index is 1.79. The average Bonchev–Trinajstić information content (AvgIpc) is 3.56. The topological polar surface area (TPSA) is 83.6 Å². The van der Waals surface area contributed by atoms with Gasteiger partial charge in [0.05, 0.1) is 4.90 Å². The SMILES string of the molecule is CNC(=O)c1ccc(CN(C(=O)c2ccc(S(=O)(=O)C(F)(F)F)cc2)C2CC2)cc1. The number of alkyl halides is 3. The van der Waals surface area contributed by atoms with Gasteiger partial charge in [0.1, 0.15) is 0 Å². The maximum atomic E-state index is 12.9. The van der Waals surface area contributed by atoms with Gasteiger partial charge in [-0.1, -0.05) is 12.1 Å². The van der Waals surface area contributed by atoms with Crippen molar-refractivity contribution in [3.63, 3.8) is 0 Å². The second-order valence-corrected chi connectivity index (χ2v) is 8.86. The molecule has 0 spiro atoms. The van der Waals surface area contributed by atoms with Gasteiger partial charge in [0.15, 0.2) is 0 Å². The van der Waals surface area contributed by atoms with E-state index in [1.165, 1.54) is 7.05 Å². The molecule has 160 valence electrons. The molecule has 0 bridgehead atoms. The molecule has 2 aromatic rings. The van der Waals surface area contributed by atoms with E-state index in [0.717, 1.165) is 42.7 Å². The lowest BCUT2D eigenvalue weighted by atomic mass is 10.1. The van der Waals surface area contributed by atoms with E-state index in [4.69, 9.17) is 0 Å². The minimum Gasteiger partial charge on any atom is -0.355 e. The lowest BCUT2D eigenvalue weighted by Gasteiger charge is -2.23. The number of hydrogen-bond acceptors (Lipinski definition) is 4. The maximum absolute atomic E-state index is 12.9. The van der Waals surface area contributed by atoms with Crippen molar-refractivity contribution in [2.24, 2.45) is 0 Å². The van der Waals surface area contributed by atoms with Gasteiger partial charge in [-0.3, -0.25) is 9.59 Å². The highest BCUT2D eigenvalue weighted by atomic mass is 32.2. The van der Waals surface area contributed by atoms with Crippen molar-refractivity contribution in [2.45, 2.75) is 35.8 Å². The van der Waals surface area contributed by atoms with Crippen LogP contribution in [-0.2, 0) is 16.4 Å². The van der Waals surface area contributed by atoms with Gasteiger partial charge in [-0.15, -0.1) is 0 Å². The summed E-state index contributed by atoms with van der Waals surface area (Å²) < 4.78 is 61.0. The number of benzene rings is 2.